The number of hydrogen-bond donors (Lipinski definition) is 3. The number of primary amides is 1. The number of aliphatic hydroxyl groups is 2. The Morgan fingerprint density at radius 2 is 2.00 bits per heavy atom. The largest absolute Gasteiger partial charge is 0.390 e. The van der Waals surface area contributed by atoms with Gasteiger partial charge in [0.15, 0.2) is 0 Å². The van der Waals surface area contributed by atoms with Crippen molar-refractivity contribution in [2.75, 3.05) is 0 Å². The zero-order valence-corrected chi connectivity index (χ0v) is 7.95. The Bertz CT molecular complexity index is 271. The van der Waals surface area contributed by atoms with Gasteiger partial charge in [-0.05, 0) is 6.92 Å². The molecule has 15 heavy (non-hydrogen) atoms. The number of hydrogen-bond acceptors (Lipinski definition) is 5. The molecule has 1 amide bonds. The van der Waals surface area contributed by atoms with Crippen LogP contribution in [0.4, 0.5) is 0 Å². The summed E-state index contributed by atoms with van der Waals surface area (Å²) in [4.78, 5) is 10.9. The van der Waals surface area contributed by atoms with E-state index in [4.69, 9.17) is 22.1 Å². The lowest BCUT2D eigenvalue weighted by Crippen LogP contribution is -2.52. The minimum absolute atomic E-state index is 0.0654. The molecule has 84 valence electrons. The first-order chi connectivity index (χ1) is 7.00. The number of amides is 1. The normalized spacial score (nSPS) is 50.1. The maximum atomic E-state index is 10.9. The lowest BCUT2D eigenvalue weighted by molar-refractivity contribution is -0.172. The standard InChI is InChI=1S/C9H13NO5/c1-3-6(12)8-7(14-3)4(11)2-5(15-8)9(10)13/h1,3-8,11-12H,2H2,(H2,10,13)/t3-,4+,5-,6?,7+,8+/m0/s1. The zero-order valence-electron chi connectivity index (χ0n) is 7.95. The highest BCUT2D eigenvalue weighted by Crippen LogP contribution is 2.32. The molecule has 6 heteroatoms. The van der Waals surface area contributed by atoms with E-state index >= 15 is 0 Å². The van der Waals surface area contributed by atoms with Crippen LogP contribution >= 0.6 is 0 Å². The minimum atomic E-state index is -1.05. The summed E-state index contributed by atoms with van der Waals surface area (Å²) >= 11 is 0. The average Bonchev–Trinajstić information content (AvgIpc) is 2.45. The molecule has 2 saturated heterocycles. The first-order valence-electron chi connectivity index (χ1n) is 4.72. The third-order valence-corrected chi connectivity index (χ3v) is 2.78. The summed E-state index contributed by atoms with van der Waals surface area (Å²) in [5.74, 6) is -0.667. The summed E-state index contributed by atoms with van der Waals surface area (Å²) in [5.41, 5.74) is 5.06. The van der Waals surface area contributed by atoms with E-state index in [1.54, 1.807) is 0 Å². The Labute approximate surface area is 87.0 Å². The van der Waals surface area contributed by atoms with Crippen LogP contribution in [0.15, 0.2) is 0 Å². The van der Waals surface area contributed by atoms with Crippen LogP contribution in [-0.4, -0.2) is 52.7 Å². The van der Waals surface area contributed by atoms with Crippen LogP contribution in [-0.2, 0) is 14.3 Å². The van der Waals surface area contributed by atoms with Gasteiger partial charge in [-0.3, -0.25) is 4.79 Å². The van der Waals surface area contributed by atoms with Crippen LogP contribution < -0.4 is 5.73 Å². The van der Waals surface area contributed by atoms with Gasteiger partial charge < -0.3 is 25.4 Å². The molecule has 2 fully saturated rings. The molecule has 0 saturated carbocycles. The zero-order chi connectivity index (χ0) is 11.2. The quantitative estimate of drug-likeness (QED) is 0.462. The van der Waals surface area contributed by atoms with E-state index in [-0.39, 0.29) is 6.42 Å². The Kier molecular flexibility index (Phi) is 2.68. The second-order valence-corrected chi connectivity index (χ2v) is 3.85. The minimum Gasteiger partial charge on any atom is -0.390 e. The molecule has 0 bridgehead atoms. The van der Waals surface area contributed by atoms with Crippen molar-refractivity contribution in [3.8, 4) is 0 Å². The second-order valence-electron chi connectivity index (χ2n) is 3.85. The van der Waals surface area contributed by atoms with Gasteiger partial charge in [0.05, 0.1) is 12.2 Å². The van der Waals surface area contributed by atoms with Gasteiger partial charge in [-0.25, -0.2) is 0 Å². The Hall–Kier alpha value is -0.690. The molecule has 6 atom stereocenters. The van der Waals surface area contributed by atoms with Gasteiger partial charge >= 0.3 is 0 Å². The van der Waals surface area contributed by atoms with E-state index < -0.39 is 42.5 Å². The first-order valence-corrected chi connectivity index (χ1v) is 4.72. The highest BCUT2D eigenvalue weighted by atomic mass is 16.6. The van der Waals surface area contributed by atoms with Crippen molar-refractivity contribution in [1.82, 2.24) is 0 Å². The van der Waals surface area contributed by atoms with Crippen LogP contribution in [0, 0.1) is 6.92 Å². The summed E-state index contributed by atoms with van der Waals surface area (Å²) in [6.45, 7) is 5.44. The van der Waals surface area contributed by atoms with E-state index in [9.17, 15) is 15.0 Å². The molecule has 2 aliphatic heterocycles. The monoisotopic (exact) mass is 215 g/mol. The molecule has 2 heterocycles. The number of carbonyl (C=O) groups is 1. The molecule has 0 aromatic heterocycles. The maximum Gasteiger partial charge on any atom is 0.246 e. The van der Waals surface area contributed by atoms with E-state index in [0.29, 0.717) is 0 Å². The number of fused-ring (bicyclic) bond motifs is 1. The average molecular weight is 215 g/mol. The van der Waals surface area contributed by atoms with Crippen molar-refractivity contribution in [3.05, 3.63) is 6.92 Å². The highest BCUT2D eigenvalue weighted by Gasteiger charge is 2.51. The van der Waals surface area contributed by atoms with Crippen LogP contribution in [0.25, 0.3) is 0 Å². The van der Waals surface area contributed by atoms with Crippen molar-refractivity contribution in [2.45, 2.75) is 43.0 Å². The molecule has 0 aromatic carbocycles. The van der Waals surface area contributed by atoms with Gasteiger partial charge in [-0.15, -0.1) is 0 Å². The summed E-state index contributed by atoms with van der Waals surface area (Å²) in [6.07, 6.45) is -5.16. The van der Waals surface area contributed by atoms with Gasteiger partial charge in [0.2, 0.25) is 5.91 Å². The van der Waals surface area contributed by atoms with Crippen molar-refractivity contribution in [2.24, 2.45) is 5.73 Å². The molecule has 0 spiro atoms. The van der Waals surface area contributed by atoms with Crippen molar-refractivity contribution in [1.29, 1.82) is 0 Å². The molecule has 4 N–H and O–H groups in total. The third kappa shape index (κ3) is 1.74. The fourth-order valence-corrected chi connectivity index (χ4v) is 1.97. The molecule has 1 unspecified atom stereocenters. The number of nitrogens with two attached hydrogens (primary N) is 1. The third-order valence-electron chi connectivity index (χ3n) is 2.78. The molecular formula is C9H13NO5. The highest BCUT2D eigenvalue weighted by molar-refractivity contribution is 5.79. The van der Waals surface area contributed by atoms with Crippen LogP contribution in [0.3, 0.4) is 0 Å². The number of ether oxygens (including phenoxy) is 2. The number of carbonyl (C=O) groups excluding carboxylic acids is 1. The maximum absolute atomic E-state index is 10.9. The second kappa shape index (κ2) is 3.71. The van der Waals surface area contributed by atoms with Gasteiger partial charge in [0.1, 0.15) is 24.4 Å². The fraction of sp³-hybridized carbons (Fsp3) is 0.778. The number of aliphatic hydroxyl groups excluding tert-OH is 2. The van der Waals surface area contributed by atoms with Gasteiger partial charge in [-0.2, -0.15) is 0 Å². The molecule has 0 aromatic rings. The predicted octanol–water partition coefficient (Wildman–Crippen LogP) is -2.17. The van der Waals surface area contributed by atoms with Crippen LogP contribution in [0.1, 0.15) is 6.42 Å². The fourth-order valence-electron chi connectivity index (χ4n) is 1.97. The summed E-state index contributed by atoms with van der Waals surface area (Å²) < 4.78 is 10.4. The van der Waals surface area contributed by atoms with Gasteiger partial charge in [-0.1, -0.05) is 0 Å². The SMILES string of the molecule is [CH][C@@H]1O[C@@H]2[C@H](O)C[C@@H](C(N)=O)O[C@@H]2C1O. The molecule has 2 rings (SSSR count). The van der Waals surface area contributed by atoms with Crippen molar-refractivity contribution >= 4 is 5.91 Å². The predicted molar refractivity (Wildman–Crippen MR) is 47.4 cm³/mol. The Morgan fingerprint density at radius 1 is 1.33 bits per heavy atom. The summed E-state index contributed by atoms with van der Waals surface area (Å²) in [5, 5.41) is 19.2. The van der Waals surface area contributed by atoms with Crippen LogP contribution in [0.2, 0.25) is 0 Å². The Morgan fingerprint density at radius 3 is 2.60 bits per heavy atom. The molecule has 0 aliphatic carbocycles. The molecule has 2 aliphatic rings. The lowest BCUT2D eigenvalue weighted by atomic mass is 9.95. The van der Waals surface area contributed by atoms with Gasteiger partial charge in [0.25, 0.3) is 0 Å². The van der Waals surface area contributed by atoms with E-state index in [0.717, 1.165) is 0 Å². The molecular weight excluding hydrogens is 202 g/mol. The molecule has 6 nitrogen and oxygen atoms in total. The smallest absolute Gasteiger partial charge is 0.246 e. The first kappa shape index (κ1) is 10.8. The van der Waals surface area contributed by atoms with E-state index in [1.807, 2.05) is 0 Å². The van der Waals surface area contributed by atoms with Gasteiger partial charge in [0, 0.05) is 6.42 Å². The molecule has 2 radical (unpaired) electrons. The Balaban J connectivity index is 2.13. The van der Waals surface area contributed by atoms with E-state index in [1.165, 1.54) is 0 Å². The van der Waals surface area contributed by atoms with Crippen molar-refractivity contribution < 1.29 is 24.5 Å². The van der Waals surface area contributed by atoms with E-state index in [2.05, 4.69) is 0 Å². The lowest BCUT2D eigenvalue weighted by Gasteiger charge is -2.34. The summed E-state index contributed by atoms with van der Waals surface area (Å²) in [7, 11) is 0. The van der Waals surface area contributed by atoms with Crippen molar-refractivity contribution in [3.63, 3.8) is 0 Å². The number of rotatable bonds is 1. The summed E-state index contributed by atoms with van der Waals surface area (Å²) in [6, 6.07) is 0. The topological polar surface area (TPSA) is 102 Å². The van der Waals surface area contributed by atoms with Crippen LogP contribution in [0.5, 0.6) is 0 Å².